The zero-order valence-electron chi connectivity index (χ0n) is 10.9. The van der Waals surface area contributed by atoms with E-state index in [1.54, 1.807) is 7.11 Å². The summed E-state index contributed by atoms with van der Waals surface area (Å²) < 4.78 is 5.65. The number of aromatic amines is 1. The molecule has 1 N–H and O–H groups in total. The molecular weight excluding hydrogens is 262 g/mol. The third-order valence-electron chi connectivity index (χ3n) is 2.95. The van der Waals surface area contributed by atoms with Crippen molar-refractivity contribution in [3.63, 3.8) is 0 Å². The Morgan fingerprint density at radius 3 is 2.89 bits per heavy atom. The van der Waals surface area contributed by atoms with E-state index < -0.39 is 0 Å². The van der Waals surface area contributed by atoms with Crippen LogP contribution in [-0.2, 0) is 11.3 Å². The fraction of sp³-hybridized carbons (Fsp3) is 0.308. The lowest BCUT2D eigenvalue weighted by Gasteiger charge is -2.00. The van der Waals surface area contributed by atoms with E-state index in [9.17, 15) is 4.79 Å². The number of H-pyrrole nitrogens is 1. The Kier molecular flexibility index (Phi) is 2.83. The normalized spacial score (nSPS) is 11.5. The van der Waals surface area contributed by atoms with Gasteiger partial charge in [0.2, 0.25) is 0 Å². The Bertz CT molecular complexity index is 835. The molecule has 3 aromatic rings. The van der Waals surface area contributed by atoms with Crippen LogP contribution in [0, 0.1) is 13.8 Å². The lowest BCUT2D eigenvalue weighted by molar-refractivity contribution is 0.178. The van der Waals surface area contributed by atoms with Crippen molar-refractivity contribution < 1.29 is 4.74 Å². The molecule has 0 atom stereocenters. The predicted molar refractivity (Wildman–Crippen MR) is 75.7 cm³/mol. The van der Waals surface area contributed by atoms with Gasteiger partial charge >= 0.3 is 0 Å². The summed E-state index contributed by atoms with van der Waals surface area (Å²) in [6, 6.07) is 2.01. The number of nitrogens with one attached hydrogen (secondary N) is 1. The monoisotopic (exact) mass is 275 g/mol. The van der Waals surface area contributed by atoms with E-state index in [2.05, 4.69) is 15.0 Å². The number of fused-ring (bicyclic) bond motifs is 3. The van der Waals surface area contributed by atoms with Gasteiger partial charge in [-0.05, 0) is 25.5 Å². The lowest BCUT2D eigenvalue weighted by Crippen LogP contribution is -2.10. The van der Waals surface area contributed by atoms with Crippen LogP contribution < -0.4 is 5.56 Å². The highest BCUT2D eigenvalue weighted by atomic mass is 32.1. The molecular formula is C13H13N3O2S. The summed E-state index contributed by atoms with van der Waals surface area (Å²) in [5.74, 6) is 0.541. The van der Waals surface area contributed by atoms with E-state index in [0.717, 1.165) is 27.0 Å². The Hall–Kier alpha value is -1.79. The molecule has 5 nitrogen and oxygen atoms in total. The van der Waals surface area contributed by atoms with E-state index in [1.807, 2.05) is 19.9 Å². The van der Waals surface area contributed by atoms with E-state index in [-0.39, 0.29) is 5.56 Å². The third kappa shape index (κ3) is 1.93. The predicted octanol–water partition coefficient (Wildman–Crippen LogP) is 2.30. The summed E-state index contributed by atoms with van der Waals surface area (Å²) in [4.78, 5) is 24.6. The number of aryl methyl sites for hydroxylation is 2. The van der Waals surface area contributed by atoms with Crippen molar-refractivity contribution in [2.75, 3.05) is 7.11 Å². The largest absolute Gasteiger partial charge is 0.377 e. The van der Waals surface area contributed by atoms with Crippen molar-refractivity contribution >= 4 is 31.8 Å². The number of rotatable bonds is 2. The van der Waals surface area contributed by atoms with Gasteiger partial charge < -0.3 is 9.72 Å². The highest BCUT2D eigenvalue weighted by molar-refractivity contribution is 7.25. The second-order valence-corrected chi connectivity index (χ2v) is 5.49. The SMILES string of the molecule is COCc1nc2c(sc3nc(C)cc(C)c32)c(=O)[nH]1. The van der Waals surface area contributed by atoms with Gasteiger partial charge in [-0.2, -0.15) is 0 Å². The van der Waals surface area contributed by atoms with Crippen molar-refractivity contribution in [3.05, 3.63) is 33.5 Å². The van der Waals surface area contributed by atoms with Crippen LogP contribution in [0.4, 0.5) is 0 Å². The van der Waals surface area contributed by atoms with Crippen LogP contribution in [0.15, 0.2) is 10.9 Å². The van der Waals surface area contributed by atoms with Crippen LogP contribution >= 0.6 is 11.3 Å². The molecule has 0 amide bonds. The first-order valence-electron chi connectivity index (χ1n) is 5.88. The van der Waals surface area contributed by atoms with Crippen molar-refractivity contribution in [1.82, 2.24) is 15.0 Å². The molecule has 0 radical (unpaired) electrons. The van der Waals surface area contributed by atoms with Crippen LogP contribution in [0.25, 0.3) is 20.4 Å². The van der Waals surface area contributed by atoms with Crippen LogP contribution in [-0.4, -0.2) is 22.1 Å². The second kappa shape index (κ2) is 4.40. The fourth-order valence-corrected chi connectivity index (χ4v) is 3.37. The Balaban J connectivity index is 2.46. The van der Waals surface area contributed by atoms with Crippen molar-refractivity contribution in [3.8, 4) is 0 Å². The second-order valence-electron chi connectivity index (χ2n) is 4.49. The van der Waals surface area contributed by atoms with Crippen molar-refractivity contribution in [1.29, 1.82) is 0 Å². The number of hydrogen-bond acceptors (Lipinski definition) is 5. The molecule has 3 rings (SSSR count). The highest BCUT2D eigenvalue weighted by Crippen LogP contribution is 2.31. The lowest BCUT2D eigenvalue weighted by atomic mass is 10.1. The van der Waals surface area contributed by atoms with E-state index in [1.165, 1.54) is 11.3 Å². The van der Waals surface area contributed by atoms with Gasteiger partial charge in [0.05, 0.1) is 5.52 Å². The molecule has 0 saturated carbocycles. The minimum Gasteiger partial charge on any atom is -0.377 e. The Morgan fingerprint density at radius 1 is 1.37 bits per heavy atom. The van der Waals surface area contributed by atoms with Gasteiger partial charge in [-0.3, -0.25) is 4.79 Å². The maximum absolute atomic E-state index is 12.1. The Labute approximate surface area is 113 Å². The first-order valence-corrected chi connectivity index (χ1v) is 6.70. The molecule has 0 aromatic carbocycles. The molecule has 98 valence electrons. The van der Waals surface area contributed by atoms with E-state index in [0.29, 0.717) is 17.1 Å². The Morgan fingerprint density at radius 2 is 2.16 bits per heavy atom. The topological polar surface area (TPSA) is 67.9 Å². The molecule has 0 spiro atoms. The van der Waals surface area contributed by atoms with E-state index in [4.69, 9.17) is 4.74 Å². The first-order chi connectivity index (χ1) is 9.10. The van der Waals surface area contributed by atoms with Crippen LogP contribution in [0.3, 0.4) is 0 Å². The van der Waals surface area contributed by atoms with Gasteiger partial charge in [0.25, 0.3) is 5.56 Å². The zero-order chi connectivity index (χ0) is 13.6. The fourth-order valence-electron chi connectivity index (χ4n) is 2.24. The molecule has 3 heterocycles. The van der Waals surface area contributed by atoms with Gasteiger partial charge in [-0.25, -0.2) is 9.97 Å². The molecule has 0 saturated heterocycles. The van der Waals surface area contributed by atoms with Crippen LogP contribution in [0.2, 0.25) is 0 Å². The number of ether oxygens (including phenoxy) is 1. The molecule has 0 aliphatic carbocycles. The van der Waals surface area contributed by atoms with Crippen LogP contribution in [0.5, 0.6) is 0 Å². The molecule has 0 aliphatic rings. The third-order valence-corrected chi connectivity index (χ3v) is 4.03. The average Bonchev–Trinajstić information content (AvgIpc) is 2.68. The maximum atomic E-state index is 12.1. The first kappa shape index (κ1) is 12.3. The molecule has 19 heavy (non-hydrogen) atoms. The highest BCUT2D eigenvalue weighted by Gasteiger charge is 2.14. The van der Waals surface area contributed by atoms with E-state index >= 15 is 0 Å². The smallest absolute Gasteiger partial charge is 0.269 e. The van der Waals surface area contributed by atoms with Crippen LogP contribution in [0.1, 0.15) is 17.1 Å². The molecule has 0 aliphatic heterocycles. The summed E-state index contributed by atoms with van der Waals surface area (Å²) in [6.07, 6.45) is 0. The summed E-state index contributed by atoms with van der Waals surface area (Å²) in [7, 11) is 1.58. The molecule has 3 aromatic heterocycles. The molecule has 0 fully saturated rings. The van der Waals surface area contributed by atoms with Gasteiger partial charge in [0.1, 0.15) is 22.0 Å². The average molecular weight is 275 g/mol. The van der Waals surface area contributed by atoms with Crippen molar-refractivity contribution in [2.45, 2.75) is 20.5 Å². The number of pyridine rings is 1. The zero-order valence-corrected chi connectivity index (χ0v) is 11.7. The summed E-state index contributed by atoms with van der Waals surface area (Å²) in [5.41, 5.74) is 2.64. The van der Waals surface area contributed by atoms with Gasteiger partial charge in [0.15, 0.2) is 0 Å². The summed E-state index contributed by atoms with van der Waals surface area (Å²) in [6.45, 7) is 4.26. The summed E-state index contributed by atoms with van der Waals surface area (Å²) >= 11 is 1.39. The number of thiophene rings is 1. The number of methoxy groups -OCH3 is 1. The van der Waals surface area contributed by atoms with Gasteiger partial charge in [-0.1, -0.05) is 0 Å². The standard InChI is InChI=1S/C13H13N3O2S/c1-6-4-7(2)14-13-9(6)10-11(19-13)12(17)16-8(15-10)5-18-3/h4H,5H2,1-3H3,(H,15,16,17). The molecule has 0 unspecified atom stereocenters. The van der Waals surface area contributed by atoms with Gasteiger partial charge in [0, 0.05) is 18.2 Å². The van der Waals surface area contributed by atoms with Crippen molar-refractivity contribution in [2.24, 2.45) is 0 Å². The maximum Gasteiger partial charge on any atom is 0.269 e. The number of hydrogen-bond donors (Lipinski definition) is 1. The minimum absolute atomic E-state index is 0.128. The summed E-state index contributed by atoms with van der Waals surface area (Å²) in [5, 5.41) is 0.967. The number of aromatic nitrogens is 3. The molecule has 6 heteroatoms. The minimum atomic E-state index is -0.128. The molecule has 0 bridgehead atoms. The number of nitrogens with zero attached hydrogens (tertiary/aromatic N) is 2. The van der Waals surface area contributed by atoms with Gasteiger partial charge in [-0.15, -0.1) is 11.3 Å². The quantitative estimate of drug-likeness (QED) is 0.779.